The molecule has 4 aliphatic rings. The number of aromatic nitrogens is 3. The molecule has 0 spiro atoms. The molecule has 2 atom stereocenters. The largest absolute Gasteiger partial charge is 1.00 e. The number of anilines is 1. The molecule has 1 aliphatic carbocycles. The first-order valence-corrected chi connectivity index (χ1v) is 12.2. The third kappa shape index (κ3) is 5.24. The zero-order valence-electron chi connectivity index (χ0n) is 19.7. The van der Waals surface area contributed by atoms with E-state index in [-0.39, 0.29) is 53.3 Å². The summed E-state index contributed by atoms with van der Waals surface area (Å²) in [5.74, 6) is -0.352. The van der Waals surface area contributed by atoms with Gasteiger partial charge in [0.2, 0.25) is 5.95 Å². The molecule has 1 saturated carbocycles. The van der Waals surface area contributed by atoms with Crippen LogP contribution in [0.1, 0.15) is 44.1 Å². The maximum absolute atomic E-state index is 13.6. The highest BCUT2D eigenvalue weighted by atomic mass is 79.9. The van der Waals surface area contributed by atoms with Gasteiger partial charge in [0.1, 0.15) is 19.2 Å². The predicted molar refractivity (Wildman–Crippen MR) is 123 cm³/mol. The Bertz CT molecular complexity index is 1010. The number of carbonyl (C=O) groups excluding carboxylic acids is 2. The van der Waals surface area contributed by atoms with E-state index >= 15 is 0 Å². The van der Waals surface area contributed by atoms with E-state index in [2.05, 4.69) is 20.3 Å². The summed E-state index contributed by atoms with van der Waals surface area (Å²) in [6, 6.07) is 9.21. The van der Waals surface area contributed by atoms with Crippen LogP contribution in [0.2, 0.25) is 0 Å². The second-order valence-corrected chi connectivity index (χ2v) is 10.0. The number of fused-ring (bicyclic) bond motifs is 3. The summed E-state index contributed by atoms with van der Waals surface area (Å²) in [6.45, 7) is 2.60. The van der Waals surface area contributed by atoms with Crippen molar-refractivity contribution in [2.75, 3.05) is 31.5 Å². The first kappa shape index (κ1) is 25.7. The molecule has 0 radical (unpaired) electrons. The van der Waals surface area contributed by atoms with Crippen molar-refractivity contribution in [2.24, 2.45) is 11.8 Å². The van der Waals surface area contributed by atoms with Crippen molar-refractivity contribution in [3.63, 3.8) is 0 Å². The van der Waals surface area contributed by atoms with E-state index in [9.17, 15) is 14.7 Å². The van der Waals surface area contributed by atoms with Crippen molar-refractivity contribution in [1.29, 1.82) is 0 Å². The van der Waals surface area contributed by atoms with Crippen molar-refractivity contribution in [3.8, 4) is 0 Å². The average Bonchev–Trinajstić information content (AvgIpc) is 3.40. The van der Waals surface area contributed by atoms with E-state index in [0.29, 0.717) is 16.6 Å². The van der Waals surface area contributed by atoms with Crippen molar-refractivity contribution >= 4 is 17.8 Å². The fraction of sp³-hybridized carbons (Fsp3) is 0.560. The lowest BCUT2D eigenvalue weighted by Gasteiger charge is -2.51. The first-order chi connectivity index (χ1) is 16.5. The van der Waals surface area contributed by atoms with Crippen LogP contribution in [0, 0.1) is 11.8 Å². The van der Waals surface area contributed by atoms with Gasteiger partial charge >= 0.3 is 5.97 Å². The number of hydrogen-bond acceptors (Lipinski definition) is 7. The molecule has 2 bridgehead atoms. The summed E-state index contributed by atoms with van der Waals surface area (Å²) in [7, 11) is 0. The van der Waals surface area contributed by atoms with Crippen LogP contribution in [-0.2, 0) is 19.9 Å². The highest BCUT2D eigenvalue weighted by molar-refractivity contribution is 5.89. The Hall–Kier alpha value is -2.43. The fourth-order valence-corrected chi connectivity index (χ4v) is 6.13. The second kappa shape index (κ2) is 10.7. The second-order valence-electron chi connectivity index (χ2n) is 10.0. The molecule has 4 fully saturated rings. The van der Waals surface area contributed by atoms with E-state index in [1.165, 1.54) is 12.7 Å². The highest BCUT2D eigenvalue weighted by Crippen LogP contribution is 2.43. The summed E-state index contributed by atoms with van der Waals surface area (Å²) >= 11 is 0. The Kier molecular flexibility index (Phi) is 7.83. The zero-order valence-corrected chi connectivity index (χ0v) is 21.3. The molecule has 1 amide bonds. The lowest BCUT2D eigenvalue weighted by atomic mass is 9.79. The Morgan fingerprint density at radius 2 is 1.71 bits per heavy atom. The van der Waals surface area contributed by atoms with Gasteiger partial charge in [0.25, 0.3) is 5.91 Å². The quantitative estimate of drug-likeness (QED) is 0.340. The molecule has 10 heteroatoms. The minimum atomic E-state index is -1.63. The van der Waals surface area contributed by atoms with Crippen LogP contribution in [0.5, 0.6) is 0 Å². The number of nitrogens with one attached hydrogen (secondary N) is 1. The van der Waals surface area contributed by atoms with E-state index in [1.807, 2.05) is 30.3 Å². The minimum Gasteiger partial charge on any atom is -1.00 e. The fourth-order valence-electron chi connectivity index (χ4n) is 6.13. The minimum absolute atomic E-state index is 0. The molecule has 35 heavy (non-hydrogen) atoms. The summed E-state index contributed by atoms with van der Waals surface area (Å²) < 4.78 is 6.68. The number of nitrogens with zero attached hydrogens (tertiary/aromatic N) is 4. The van der Waals surface area contributed by atoms with E-state index in [4.69, 9.17) is 4.74 Å². The number of halogens is 1. The van der Waals surface area contributed by atoms with Crippen LogP contribution in [0.25, 0.3) is 0 Å². The van der Waals surface area contributed by atoms with Gasteiger partial charge in [-0.15, -0.1) is 0 Å². The molecule has 2 aromatic rings. The lowest BCUT2D eigenvalue weighted by molar-refractivity contribution is -0.939. The molecular weight excluding hydrogens is 514 g/mol. The SMILES string of the molecule is O=C(C[N+]12CCC(CC1)C(OC(=O)[C@](O)(c1ccccc1)C1CCCC1)C2)Nc1ncncn1.[Br-]. The molecule has 1 aromatic heterocycles. The molecule has 1 unspecified atom stereocenters. The average molecular weight is 546 g/mol. The zero-order chi connectivity index (χ0) is 23.6. The maximum Gasteiger partial charge on any atom is 0.343 e. The van der Waals surface area contributed by atoms with Crippen LogP contribution < -0.4 is 22.3 Å². The first-order valence-electron chi connectivity index (χ1n) is 12.2. The maximum atomic E-state index is 13.6. The van der Waals surface area contributed by atoms with Gasteiger partial charge in [0.05, 0.1) is 13.1 Å². The lowest BCUT2D eigenvalue weighted by Crippen LogP contribution is -3.00. The van der Waals surface area contributed by atoms with Crippen molar-refractivity contribution < 1.29 is 40.9 Å². The topological polar surface area (TPSA) is 114 Å². The summed E-state index contributed by atoms with van der Waals surface area (Å²) in [5, 5.41) is 14.5. The molecule has 2 N–H and O–H groups in total. The molecule has 188 valence electrons. The number of hydrogen-bond donors (Lipinski definition) is 2. The van der Waals surface area contributed by atoms with Crippen molar-refractivity contribution in [2.45, 2.75) is 50.2 Å². The third-order valence-electron chi connectivity index (χ3n) is 7.99. The Balaban J connectivity index is 0.00000289. The molecular formula is C25H32BrN5O4. The summed E-state index contributed by atoms with van der Waals surface area (Å²) in [5.41, 5.74) is -1.03. The van der Waals surface area contributed by atoms with Crippen LogP contribution in [-0.4, -0.2) is 68.7 Å². The molecule has 3 saturated heterocycles. The van der Waals surface area contributed by atoms with Crippen molar-refractivity contribution in [1.82, 2.24) is 15.0 Å². The number of amides is 1. The van der Waals surface area contributed by atoms with Crippen LogP contribution >= 0.6 is 0 Å². The molecule has 9 nitrogen and oxygen atoms in total. The summed E-state index contributed by atoms with van der Waals surface area (Å²) in [4.78, 5) is 38.0. The van der Waals surface area contributed by atoms with E-state index in [0.717, 1.165) is 51.6 Å². The van der Waals surface area contributed by atoms with Gasteiger partial charge < -0.3 is 31.3 Å². The number of benzene rings is 1. The Morgan fingerprint density at radius 1 is 1.06 bits per heavy atom. The van der Waals surface area contributed by atoms with Crippen molar-refractivity contribution in [3.05, 3.63) is 48.5 Å². The number of esters is 1. The third-order valence-corrected chi connectivity index (χ3v) is 7.99. The predicted octanol–water partition coefficient (Wildman–Crippen LogP) is -0.956. The van der Waals surface area contributed by atoms with Gasteiger partial charge in [-0.2, -0.15) is 0 Å². The summed E-state index contributed by atoms with van der Waals surface area (Å²) in [6.07, 6.45) is 7.80. The van der Waals surface area contributed by atoms with Gasteiger partial charge in [-0.1, -0.05) is 43.2 Å². The van der Waals surface area contributed by atoms with Gasteiger partial charge in [0.15, 0.2) is 18.2 Å². The van der Waals surface area contributed by atoms with Gasteiger partial charge in [-0.3, -0.25) is 10.1 Å². The monoisotopic (exact) mass is 545 g/mol. The standard InChI is InChI=1S/C25H31N5O4.BrH/c31-22(29-24-27-16-26-17-28-24)15-30-12-10-18(11-13-30)21(14-30)34-23(32)25(33,20-8-4-5-9-20)19-6-2-1-3-7-19;/h1-3,6-7,16-18,20-21,33H,4-5,8-15H2;1H/t18?,21?,25-,30?;/m0./s1. The van der Waals surface area contributed by atoms with Crippen LogP contribution in [0.4, 0.5) is 5.95 Å². The number of rotatable bonds is 7. The van der Waals surface area contributed by atoms with Gasteiger partial charge in [-0.25, -0.2) is 19.7 Å². The molecule has 6 rings (SSSR count). The number of ether oxygens (including phenoxy) is 1. The number of piperidine rings is 3. The molecule has 1 aromatic carbocycles. The molecule has 3 aliphatic heterocycles. The van der Waals surface area contributed by atoms with Crippen LogP contribution in [0.15, 0.2) is 43.0 Å². The highest BCUT2D eigenvalue weighted by Gasteiger charge is 2.53. The Labute approximate surface area is 215 Å². The molecule has 4 heterocycles. The van der Waals surface area contributed by atoms with Gasteiger partial charge in [-0.05, 0) is 18.4 Å². The number of carbonyl (C=O) groups is 2. The number of aliphatic hydroxyl groups is 1. The Morgan fingerprint density at radius 3 is 2.37 bits per heavy atom. The smallest absolute Gasteiger partial charge is 0.343 e. The van der Waals surface area contributed by atoms with E-state index in [1.54, 1.807) is 0 Å². The van der Waals surface area contributed by atoms with Gasteiger partial charge in [0, 0.05) is 24.7 Å². The van der Waals surface area contributed by atoms with Crippen LogP contribution in [0.3, 0.4) is 0 Å². The van der Waals surface area contributed by atoms with E-state index < -0.39 is 11.6 Å². The normalized spacial score (nSPS) is 27.5. The number of quaternary nitrogens is 1.